The molecule has 0 unspecified atom stereocenters. The van der Waals surface area contributed by atoms with Gasteiger partial charge in [-0.2, -0.15) is 5.10 Å². The van der Waals surface area contributed by atoms with Gasteiger partial charge in [0.2, 0.25) is 11.8 Å². The molecule has 1 saturated carbocycles. The fourth-order valence-electron chi connectivity index (χ4n) is 4.15. The molecule has 2 aliphatic rings. The molecule has 2 fully saturated rings. The molecular weight excluding hydrogens is 498 g/mol. The zero-order chi connectivity index (χ0) is 25.1. The number of nitrogens with zero attached hydrogens (tertiary/aromatic N) is 4. The predicted octanol–water partition coefficient (Wildman–Crippen LogP) is 4.08. The fourth-order valence-corrected chi connectivity index (χ4v) is 4.36. The number of rotatable bonds is 7. The number of hydrogen-bond acceptors (Lipinski definition) is 8. The summed E-state index contributed by atoms with van der Waals surface area (Å²) in [6.07, 6.45) is 1.45. The molecule has 1 aliphatic heterocycles. The van der Waals surface area contributed by atoms with E-state index in [1.54, 1.807) is 0 Å². The summed E-state index contributed by atoms with van der Waals surface area (Å²) in [7, 11) is 0. The third-order valence-corrected chi connectivity index (χ3v) is 6.28. The van der Waals surface area contributed by atoms with Crippen molar-refractivity contribution in [3.05, 3.63) is 34.0 Å². The van der Waals surface area contributed by atoms with E-state index in [2.05, 4.69) is 25.1 Å². The largest absolute Gasteiger partial charge is 0.574 e. The number of ether oxygens (including phenoxy) is 3. The molecule has 1 atom stereocenters. The van der Waals surface area contributed by atoms with Crippen LogP contribution in [0.25, 0.3) is 0 Å². The topological polar surface area (TPSA) is 100 Å². The Labute approximate surface area is 202 Å². The number of halogens is 5. The van der Waals surface area contributed by atoms with E-state index in [4.69, 9.17) is 21.1 Å². The third kappa shape index (κ3) is 6.72. The summed E-state index contributed by atoms with van der Waals surface area (Å²) in [5, 5.41) is 7.05. The molecule has 2 aromatic heterocycles. The van der Waals surface area contributed by atoms with Gasteiger partial charge in [-0.15, -0.1) is 13.2 Å². The number of hydrogen-bond donors (Lipinski definition) is 1. The zero-order valence-electron chi connectivity index (χ0n) is 18.6. The molecule has 1 aliphatic carbocycles. The van der Waals surface area contributed by atoms with E-state index < -0.39 is 23.5 Å². The van der Waals surface area contributed by atoms with Gasteiger partial charge in [0.1, 0.15) is 11.1 Å². The van der Waals surface area contributed by atoms with Gasteiger partial charge in [0, 0.05) is 6.61 Å². The van der Waals surface area contributed by atoms with Crippen molar-refractivity contribution in [3.63, 3.8) is 0 Å². The maximum atomic E-state index is 14.7. The normalized spacial score (nSPS) is 25.2. The molecule has 0 radical (unpaired) electrons. The molecular formula is C21H24ClF4N5O4. The Morgan fingerprint density at radius 2 is 1.89 bits per heavy atom. The number of aromatic nitrogens is 4. The van der Waals surface area contributed by atoms with Crippen LogP contribution in [-0.2, 0) is 4.74 Å². The van der Waals surface area contributed by atoms with Crippen molar-refractivity contribution < 1.29 is 31.8 Å². The lowest BCUT2D eigenvalue weighted by Crippen LogP contribution is -2.41. The highest BCUT2D eigenvalue weighted by Crippen LogP contribution is 2.31. The van der Waals surface area contributed by atoms with Crippen LogP contribution in [0.3, 0.4) is 0 Å². The Morgan fingerprint density at radius 1 is 1.17 bits per heavy atom. The number of nitrogens with one attached hydrogen (secondary N) is 1. The Balaban J connectivity index is 1.31. The third-order valence-electron chi connectivity index (χ3n) is 5.92. The van der Waals surface area contributed by atoms with E-state index in [0.29, 0.717) is 45.1 Å². The molecule has 0 amide bonds. The zero-order valence-corrected chi connectivity index (χ0v) is 19.3. The minimum absolute atomic E-state index is 0.00944. The molecule has 14 heteroatoms. The lowest BCUT2D eigenvalue weighted by atomic mass is 9.93. The van der Waals surface area contributed by atoms with Gasteiger partial charge >= 0.3 is 6.36 Å². The van der Waals surface area contributed by atoms with Crippen molar-refractivity contribution in [3.8, 4) is 11.8 Å². The standard InChI is InChI=1S/C21H24ClF4N5O4/c22-18-15(29-11-20(23)6-1-7-33-12-20)8-30-31(19(18)32)13-2-4-14(5-3-13)34-16-9-28-17(10-27-16)35-21(24,25)26/h8-10,13-14,29H,1-7,11-12H2/t13?,14?,20-/m0/s1. The first-order chi connectivity index (χ1) is 16.6. The predicted molar refractivity (Wildman–Crippen MR) is 117 cm³/mol. The summed E-state index contributed by atoms with van der Waals surface area (Å²) in [6, 6.07) is -0.207. The molecule has 35 heavy (non-hydrogen) atoms. The van der Waals surface area contributed by atoms with Crippen LogP contribution >= 0.6 is 11.6 Å². The molecule has 9 nitrogen and oxygen atoms in total. The van der Waals surface area contributed by atoms with Gasteiger partial charge in [0.15, 0.2) is 5.67 Å². The minimum Gasteiger partial charge on any atom is -0.473 e. The first-order valence-corrected chi connectivity index (χ1v) is 11.5. The highest BCUT2D eigenvalue weighted by atomic mass is 35.5. The molecule has 0 spiro atoms. The molecule has 3 heterocycles. The molecule has 1 saturated heterocycles. The van der Waals surface area contributed by atoms with Gasteiger partial charge in [-0.05, 0) is 38.5 Å². The first kappa shape index (κ1) is 25.4. The Bertz CT molecular complexity index is 1060. The van der Waals surface area contributed by atoms with E-state index in [1.165, 1.54) is 10.9 Å². The van der Waals surface area contributed by atoms with Gasteiger partial charge in [-0.3, -0.25) is 4.79 Å². The van der Waals surface area contributed by atoms with Gasteiger partial charge in [0.05, 0.1) is 43.5 Å². The molecule has 4 rings (SSSR count). The van der Waals surface area contributed by atoms with Gasteiger partial charge in [-0.25, -0.2) is 19.0 Å². The lowest BCUT2D eigenvalue weighted by Gasteiger charge is -2.30. The second-order valence-electron chi connectivity index (χ2n) is 8.57. The van der Waals surface area contributed by atoms with Crippen LogP contribution in [-0.4, -0.2) is 57.6 Å². The van der Waals surface area contributed by atoms with E-state index in [9.17, 15) is 22.4 Å². The quantitative estimate of drug-likeness (QED) is 0.544. The van der Waals surface area contributed by atoms with E-state index >= 15 is 0 Å². The van der Waals surface area contributed by atoms with Gasteiger partial charge in [-0.1, -0.05) is 11.6 Å². The first-order valence-electron chi connectivity index (χ1n) is 11.1. The van der Waals surface area contributed by atoms with E-state index in [-0.39, 0.29) is 41.9 Å². The molecule has 1 N–H and O–H groups in total. The SMILES string of the molecule is O=c1c(Cl)c(NC[C@@]2(F)CCCOC2)cnn1C1CCC(Oc2cnc(OC(F)(F)F)cn2)CC1. The Hall–Kier alpha value is -2.67. The summed E-state index contributed by atoms with van der Waals surface area (Å²) in [6.45, 7) is 0.491. The van der Waals surface area contributed by atoms with E-state index in [0.717, 1.165) is 12.4 Å². The average molecular weight is 522 g/mol. The maximum absolute atomic E-state index is 14.7. The van der Waals surface area contributed by atoms with Crippen LogP contribution in [0.2, 0.25) is 5.02 Å². The second-order valence-corrected chi connectivity index (χ2v) is 8.95. The Kier molecular flexibility index (Phi) is 7.64. The van der Waals surface area contributed by atoms with Crippen molar-refractivity contribution in [1.29, 1.82) is 0 Å². The summed E-state index contributed by atoms with van der Waals surface area (Å²) in [4.78, 5) is 20.1. The minimum atomic E-state index is -4.85. The van der Waals surface area contributed by atoms with Gasteiger partial charge < -0.3 is 19.5 Å². The summed E-state index contributed by atoms with van der Waals surface area (Å²) in [5.41, 5.74) is -1.73. The number of alkyl halides is 4. The molecule has 192 valence electrons. The lowest BCUT2D eigenvalue weighted by molar-refractivity contribution is -0.276. The second kappa shape index (κ2) is 10.5. The van der Waals surface area contributed by atoms with Crippen molar-refractivity contribution in [2.45, 2.75) is 62.7 Å². The van der Waals surface area contributed by atoms with Crippen molar-refractivity contribution in [2.75, 3.05) is 25.1 Å². The highest BCUT2D eigenvalue weighted by molar-refractivity contribution is 6.32. The summed E-state index contributed by atoms with van der Waals surface area (Å²) < 4.78 is 67.3. The van der Waals surface area contributed by atoms with Gasteiger partial charge in [0.25, 0.3) is 5.56 Å². The Morgan fingerprint density at radius 3 is 2.51 bits per heavy atom. The molecule has 0 aromatic carbocycles. The fraction of sp³-hybridized carbons (Fsp3) is 0.619. The van der Waals surface area contributed by atoms with Crippen LogP contribution in [0.15, 0.2) is 23.4 Å². The van der Waals surface area contributed by atoms with Crippen molar-refractivity contribution in [2.24, 2.45) is 0 Å². The molecule has 2 aromatic rings. The van der Waals surface area contributed by atoms with Crippen LogP contribution in [0.4, 0.5) is 23.2 Å². The maximum Gasteiger partial charge on any atom is 0.574 e. The monoisotopic (exact) mass is 521 g/mol. The molecule has 0 bridgehead atoms. The summed E-state index contributed by atoms with van der Waals surface area (Å²) in [5.74, 6) is -0.603. The van der Waals surface area contributed by atoms with Crippen LogP contribution in [0, 0.1) is 0 Å². The van der Waals surface area contributed by atoms with Crippen LogP contribution in [0.1, 0.15) is 44.6 Å². The van der Waals surface area contributed by atoms with Crippen molar-refractivity contribution >= 4 is 17.3 Å². The average Bonchev–Trinajstić information content (AvgIpc) is 2.82. The summed E-state index contributed by atoms with van der Waals surface area (Å²) >= 11 is 6.26. The van der Waals surface area contributed by atoms with E-state index in [1.807, 2.05) is 0 Å². The van der Waals surface area contributed by atoms with Crippen LogP contribution in [0.5, 0.6) is 11.8 Å². The highest BCUT2D eigenvalue weighted by Gasteiger charge is 2.34. The number of anilines is 1. The van der Waals surface area contributed by atoms with Crippen LogP contribution < -0.4 is 20.3 Å². The smallest absolute Gasteiger partial charge is 0.473 e. The van der Waals surface area contributed by atoms with Crippen molar-refractivity contribution in [1.82, 2.24) is 19.7 Å².